The van der Waals surface area contributed by atoms with Crippen molar-refractivity contribution in [2.75, 3.05) is 19.6 Å². The Morgan fingerprint density at radius 3 is 2.64 bits per heavy atom. The van der Waals surface area contributed by atoms with Crippen LogP contribution in [0.2, 0.25) is 0 Å². The number of nitrogens with one attached hydrogen (secondary N) is 1. The van der Waals surface area contributed by atoms with Crippen LogP contribution in [0.25, 0.3) is 0 Å². The third kappa shape index (κ3) is 3.95. The number of hydrogen-bond acceptors (Lipinski definition) is 3. The summed E-state index contributed by atoms with van der Waals surface area (Å²) in [4.78, 5) is 0. The minimum Gasteiger partial charge on any atom is -0.389 e. The lowest BCUT2D eigenvalue weighted by Gasteiger charge is -2.35. The lowest BCUT2D eigenvalue weighted by Crippen LogP contribution is -2.43. The second-order valence-corrected chi connectivity index (χ2v) is 4.73. The third-order valence-corrected chi connectivity index (χ3v) is 3.22. The van der Waals surface area contributed by atoms with Crippen LogP contribution < -0.4 is 11.1 Å². The lowest BCUT2D eigenvalue weighted by atomic mass is 9.79. The molecule has 1 rings (SSSR count). The van der Waals surface area contributed by atoms with Crippen molar-refractivity contribution in [1.82, 2.24) is 5.32 Å². The molecule has 14 heavy (non-hydrogen) atoms. The van der Waals surface area contributed by atoms with Crippen LogP contribution in [0, 0.1) is 5.92 Å². The predicted molar refractivity (Wildman–Crippen MR) is 59.1 cm³/mol. The van der Waals surface area contributed by atoms with Crippen molar-refractivity contribution in [2.45, 2.75) is 44.6 Å². The molecule has 0 amide bonds. The molecule has 1 fully saturated rings. The Balaban J connectivity index is 2.15. The molecule has 0 heterocycles. The van der Waals surface area contributed by atoms with E-state index in [0.717, 1.165) is 57.7 Å². The fourth-order valence-electron chi connectivity index (χ4n) is 2.02. The van der Waals surface area contributed by atoms with E-state index in [1.165, 1.54) is 0 Å². The maximum absolute atomic E-state index is 10.2. The van der Waals surface area contributed by atoms with Gasteiger partial charge in [-0.3, -0.25) is 0 Å². The van der Waals surface area contributed by atoms with E-state index < -0.39 is 5.60 Å². The van der Waals surface area contributed by atoms with Crippen LogP contribution in [0.1, 0.15) is 39.0 Å². The van der Waals surface area contributed by atoms with Crippen LogP contribution in [-0.4, -0.2) is 30.3 Å². The Morgan fingerprint density at radius 2 is 2.07 bits per heavy atom. The molecule has 4 N–H and O–H groups in total. The molecule has 0 aromatic carbocycles. The molecule has 0 unspecified atom stereocenters. The summed E-state index contributed by atoms with van der Waals surface area (Å²) < 4.78 is 0. The third-order valence-electron chi connectivity index (χ3n) is 3.22. The van der Waals surface area contributed by atoms with E-state index in [1.54, 1.807) is 0 Å². The molecule has 0 aliphatic heterocycles. The molecule has 0 saturated heterocycles. The highest BCUT2D eigenvalue weighted by Crippen LogP contribution is 2.31. The average molecular weight is 200 g/mol. The minimum atomic E-state index is -0.443. The average Bonchev–Trinajstić information content (AvgIpc) is 2.18. The molecular formula is C11H24N2O. The fraction of sp³-hybridized carbons (Fsp3) is 1.00. The number of nitrogens with two attached hydrogens (primary N) is 1. The van der Waals surface area contributed by atoms with Gasteiger partial charge in [-0.1, -0.05) is 6.92 Å². The maximum Gasteiger partial charge on any atom is 0.0771 e. The summed E-state index contributed by atoms with van der Waals surface area (Å²) in [6.07, 6.45) is 5.21. The summed E-state index contributed by atoms with van der Waals surface area (Å²) in [5.41, 5.74) is 4.95. The molecule has 0 spiro atoms. The molecule has 1 aliphatic carbocycles. The Labute approximate surface area is 87.1 Å². The Morgan fingerprint density at radius 1 is 1.43 bits per heavy atom. The van der Waals surface area contributed by atoms with Gasteiger partial charge >= 0.3 is 0 Å². The van der Waals surface area contributed by atoms with Gasteiger partial charge in [0, 0.05) is 6.54 Å². The minimum absolute atomic E-state index is 0.443. The van der Waals surface area contributed by atoms with Crippen LogP contribution in [0.15, 0.2) is 0 Å². The summed E-state index contributed by atoms with van der Waals surface area (Å²) in [5.74, 6) is 0.791. The highest BCUT2D eigenvalue weighted by atomic mass is 16.3. The van der Waals surface area contributed by atoms with Crippen molar-refractivity contribution >= 4 is 0 Å². The van der Waals surface area contributed by atoms with Crippen LogP contribution in [0.5, 0.6) is 0 Å². The van der Waals surface area contributed by atoms with Gasteiger partial charge in [-0.15, -0.1) is 0 Å². The van der Waals surface area contributed by atoms with Gasteiger partial charge in [0.1, 0.15) is 0 Å². The molecule has 1 saturated carbocycles. The number of aliphatic hydroxyl groups is 1. The lowest BCUT2D eigenvalue weighted by molar-refractivity contribution is -0.00590. The van der Waals surface area contributed by atoms with E-state index in [4.69, 9.17) is 5.73 Å². The molecule has 3 nitrogen and oxygen atoms in total. The second-order valence-electron chi connectivity index (χ2n) is 4.73. The zero-order valence-corrected chi connectivity index (χ0v) is 9.26. The van der Waals surface area contributed by atoms with Gasteiger partial charge in [-0.2, -0.15) is 0 Å². The molecule has 84 valence electrons. The van der Waals surface area contributed by atoms with Gasteiger partial charge in [-0.25, -0.2) is 0 Å². The molecule has 3 heteroatoms. The van der Waals surface area contributed by atoms with E-state index in [9.17, 15) is 5.11 Å². The van der Waals surface area contributed by atoms with Crippen LogP contribution in [0.3, 0.4) is 0 Å². The standard InChI is InChI=1S/C11H24N2O/c1-10-3-5-11(14,6-4-10)9-13-8-2-7-12/h10,13-14H,2-9,12H2,1H3. The van der Waals surface area contributed by atoms with E-state index in [0.29, 0.717) is 0 Å². The van der Waals surface area contributed by atoms with Crippen molar-refractivity contribution < 1.29 is 5.11 Å². The molecule has 0 aromatic rings. The van der Waals surface area contributed by atoms with Crippen molar-refractivity contribution in [2.24, 2.45) is 11.7 Å². The van der Waals surface area contributed by atoms with E-state index in [1.807, 2.05) is 0 Å². The number of rotatable bonds is 5. The Hall–Kier alpha value is -0.120. The highest BCUT2D eigenvalue weighted by Gasteiger charge is 2.30. The molecule has 0 radical (unpaired) electrons. The maximum atomic E-state index is 10.2. The van der Waals surface area contributed by atoms with Crippen LogP contribution in [0.4, 0.5) is 0 Å². The van der Waals surface area contributed by atoms with Crippen LogP contribution in [-0.2, 0) is 0 Å². The summed E-state index contributed by atoms with van der Waals surface area (Å²) in [6.45, 7) is 4.65. The first kappa shape index (κ1) is 12.0. The SMILES string of the molecule is CC1CCC(O)(CNCCCN)CC1. The highest BCUT2D eigenvalue weighted by molar-refractivity contribution is 4.86. The first-order chi connectivity index (χ1) is 6.66. The van der Waals surface area contributed by atoms with Gasteiger partial charge in [-0.05, 0) is 51.1 Å². The second kappa shape index (κ2) is 5.69. The number of hydrogen-bond donors (Lipinski definition) is 3. The van der Waals surface area contributed by atoms with E-state index in [-0.39, 0.29) is 0 Å². The van der Waals surface area contributed by atoms with Gasteiger partial charge in [0.2, 0.25) is 0 Å². The molecule has 0 bridgehead atoms. The van der Waals surface area contributed by atoms with E-state index >= 15 is 0 Å². The first-order valence-corrected chi connectivity index (χ1v) is 5.79. The molecule has 1 aliphatic rings. The monoisotopic (exact) mass is 200 g/mol. The summed E-state index contributed by atoms with van der Waals surface area (Å²) in [6, 6.07) is 0. The van der Waals surface area contributed by atoms with Crippen LogP contribution >= 0.6 is 0 Å². The van der Waals surface area contributed by atoms with Crippen molar-refractivity contribution in [3.8, 4) is 0 Å². The van der Waals surface area contributed by atoms with E-state index in [2.05, 4.69) is 12.2 Å². The van der Waals surface area contributed by atoms with Crippen molar-refractivity contribution in [3.05, 3.63) is 0 Å². The van der Waals surface area contributed by atoms with Crippen molar-refractivity contribution in [3.63, 3.8) is 0 Å². The molecule has 0 aromatic heterocycles. The smallest absolute Gasteiger partial charge is 0.0771 e. The zero-order valence-electron chi connectivity index (χ0n) is 9.26. The largest absolute Gasteiger partial charge is 0.389 e. The fourth-order valence-corrected chi connectivity index (χ4v) is 2.02. The Bertz CT molecular complexity index is 153. The van der Waals surface area contributed by atoms with Gasteiger partial charge in [0.15, 0.2) is 0 Å². The van der Waals surface area contributed by atoms with Crippen molar-refractivity contribution in [1.29, 1.82) is 0 Å². The quantitative estimate of drug-likeness (QED) is 0.577. The zero-order chi connectivity index (χ0) is 10.4. The topological polar surface area (TPSA) is 58.3 Å². The summed E-state index contributed by atoms with van der Waals surface area (Å²) >= 11 is 0. The summed E-state index contributed by atoms with van der Waals surface area (Å²) in [7, 11) is 0. The normalized spacial score (nSPS) is 33.2. The predicted octanol–water partition coefficient (Wildman–Crippen LogP) is 0.866. The Kier molecular flexibility index (Phi) is 4.85. The van der Waals surface area contributed by atoms with Gasteiger partial charge in [0.05, 0.1) is 5.60 Å². The molecular weight excluding hydrogens is 176 g/mol. The van der Waals surface area contributed by atoms with Gasteiger partial charge in [0.25, 0.3) is 0 Å². The van der Waals surface area contributed by atoms with Gasteiger partial charge < -0.3 is 16.2 Å². The first-order valence-electron chi connectivity index (χ1n) is 5.79. The molecule has 0 atom stereocenters. The summed E-state index contributed by atoms with van der Waals surface area (Å²) in [5, 5.41) is 13.5.